The minimum absolute atomic E-state index is 0.115. The maximum atomic E-state index is 12.2. The van der Waals surface area contributed by atoms with Crippen molar-refractivity contribution in [3.8, 4) is 10.7 Å². The van der Waals surface area contributed by atoms with E-state index in [1.54, 1.807) is 11.3 Å². The first kappa shape index (κ1) is 16.1. The topological polar surface area (TPSA) is 82.7 Å². The van der Waals surface area contributed by atoms with Gasteiger partial charge >= 0.3 is 0 Å². The molecule has 23 heavy (non-hydrogen) atoms. The van der Waals surface area contributed by atoms with E-state index in [0.717, 1.165) is 18.0 Å². The van der Waals surface area contributed by atoms with Crippen LogP contribution in [0.25, 0.3) is 10.7 Å². The molecule has 0 radical (unpaired) electrons. The summed E-state index contributed by atoms with van der Waals surface area (Å²) in [5, 5.41) is 14.8. The Morgan fingerprint density at radius 3 is 2.87 bits per heavy atom. The lowest BCUT2D eigenvalue weighted by Crippen LogP contribution is -2.49. The quantitative estimate of drug-likeness (QED) is 0.843. The van der Waals surface area contributed by atoms with Crippen LogP contribution in [0.2, 0.25) is 0 Å². The van der Waals surface area contributed by atoms with Gasteiger partial charge in [0.1, 0.15) is 0 Å². The van der Waals surface area contributed by atoms with Crippen molar-refractivity contribution in [2.24, 2.45) is 0 Å². The fourth-order valence-electron chi connectivity index (χ4n) is 2.60. The Balaban J connectivity index is 1.46. The molecule has 2 aromatic rings. The molecule has 1 fully saturated rings. The monoisotopic (exact) mass is 336 g/mol. The van der Waals surface area contributed by atoms with Gasteiger partial charge in [-0.2, -0.15) is 4.98 Å². The molecular weight excluding hydrogens is 316 g/mol. The molecule has 1 amide bonds. The number of nitrogens with zero attached hydrogens (tertiary/aromatic N) is 4. The predicted octanol–water partition coefficient (Wildman–Crippen LogP) is 0.867. The van der Waals surface area contributed by atoms with E-state index >= 15 is 0 Å². The highest BCUT2D eigenvalue weighted by molar-refractivity contribution is 7.13. The van der Waals surface area contributed by atoms with E-state index in [4.69, 9.17) is 9.63 Å². The fraction of sp³-hybridized carbons (Fsp3) is 0.533. The van der Waals surface area contributed by atoms with Crippen LogP contribution in [-0.4, -0.2) is 70.3 Å². The number of amides is 1. The Morgan fingerprint density at radius 2 is 2.17 bits per heavy atom. The fourth-order valence-corrected chi connectivity index (χ4v) is 3.25. The molecule has 3 rings (SSSR count). The smallest absolute Gasteiger partial charge is 0.227 e. The van der Waals surface area contributed by atoms with Gasteiger partial charge in [-0.3, -0.25) is 9.69 Å². The summed E-state index contributed by atoms with van der Waals surface area (Å²) in [4.78, 5) is 21.6. The molecule has 0 saturated carbocycles. The van der Waals surface area contributed by atoms with Crippen molar-refractivity contribution in [2.75, 3.05) is 39.3 Å². The van der Waals surface area contributed by atoms with Crippen molar-refractivity contribution in [1.29, 1.82) is 0 Å². The number of thiophene rings is 1. The number of aliphatic hydroxyl groups is 1. The number of rotatable bonds is 6. The lowest BCUT2D eigenvalue weighted by Gasteiger charge is -2.34. The molecule has 0 aromatic carbocycles. The Morgan fingerprint density at radius 1 is 1.35 bits per heavy atom. The molecule has 7 nitrogen and oxygen atoms in total. The van der Waals surface area contributed by atoms with Gasteiger partial charge in [-0.25, -0.2) is 0 Å². The summed E-state index contributed by atoms with van der Waals surface area (Å²) in [5.41, 5.74) is 0. The van der Waals surface area contributed by atoms with E-state index in [1.165, 1.54) is 0 Å². The van der Waals surface area contributed by atoms with Crippen molar-refractivity contribution >= 4 is 17.2 Å². The van der Waals surface area contributed by atoms with Gasteiger partial charge in [-0.1, -0.05) is 11.2 Å². The number of aliphatic hydroxyl groups excluding tert-OH is 1. The zero-order chi connectivity index (χ0) is 16.1. The Bertz CT molecular complexity index is 620. The number of piperazine rings is 1. The molecule has 0 aliphatic carbocycles. The largest absolute Gasteiger partial charge is 0.395 e. The minimum Gasteiger partial charge on any atom is -0.395 e. The third kappa shape index (κ3) is 4.15. The molecule has 8 heteroatoms. The summed E-state index contributed by atoms with van der Waals surface area (Å²) in [6, 6.07) is 3.88. The van der Waals surface area contributed by atoms with Crippen LogP contribution in [0.5, 0.6) is 0 Å². The maximum absolute atomic E-state index is 12.2. The maximum Gasteiger partial charge on any atom is 0.227 e. The lowest BCUT2D eigenvalue weighted by atomic mass is 10.2. The molecule has 1 aliphatic rings. The van der Waals surface area contributed by atoms with Crippen molar-refractivity contribution in [3.05, 3.63) is 23.4 Å². The minimum atomic E-state index is 0.115. The number of aromatic nitrogens is 2. The summed E-state index contributed by atoms with van der Waals surface area (Å²) in [7, 11) is 0. The highest BCUT2D eigenvalue weighted by Gasteiger charge is 2.21. The average Bonchev–Trinajstić information content (AvgIpc) is 3.25. The first-order valence-electron chi connectivity index (χ1n) is 7.73. The second-order valence-electron chi connectivity index (χ2n) is 5.44. The SMILES string of the molecule is O=C(CCc1nc(-c2cccs2)no1)N1CCN(CCO)CC1. The number of hydrogen-bond donors (Lipinski definition) is 1. The van der Waals surface area contributed by atoms with Crippen LogP contribution in [0.4, 0.5) is 0 Å². The molecule has 0 atom stereocenters. The summed E-state index contributed by atoms with van der Waals surface area (Å²) >= 11 is 1.56. The number of hydrogen-bond acceptors (Lipinski definition) is 7. The molecule has 1 saturated heterocycles. The van der Waals surface area contributed by atoms with E-state index in [-0.39, 0.29) is 12.5 Å². The molecule has 0 bridgehead atoms. The first-order chi connectivity index (χ1) is 11.3. The molecular formula is C15H20N4O3S. The Kier molecular flexibility index (Phi) is 5.37. The number of aryl methyl sites for hydroxylation is 1. The van der Waals surface area contributed by atoms with Gasteiger partial charge in [0, 0.05) is 45.6 Å². The Labute approximate surface area is 138 Å². The number of carbonyl (C=O) groups is 1. The van der Waals surface area contributed by atoms with Gasteiger partial charge in [0.05, 0.1) is 11.5 Å². The van der Waals surface area contributed by atoms with Gasteiger partial charge in [0.15, 0.2) is 0 Å². The lowest BCUT2D eigenvalue weighted by molar-refractivity contribution is -0.133. The van der Waals surface area contributed by atoms with E-state index in [9.17, 15) is 4.79 Å². The van der Waals surface area contributed by atoms with Crippen LogP contribution >= 0.6 is 11.3 Å². The van der Waals surface area contributed by atoms with Crippen LogP contribution < -0.4 is 0 Å². The summed E-state index contributed by atoms with van der Waals surface area (Å²) in [6.45, 7) is 3.89. The van der Waals surface area contributed by atoms with Crippen molar-refractivity contribution in [2.45, 2.75) is 12.8 Å². The standard InChI is InChI=1S/C15H20N4O3S/c20-10-9-18-5-7-19(8-6-18)14(21)4-3-13-16-15(17-22-13)12-2-1-11-23-12/h1-2,11,20H,3-10H2. The third-order valence-corrected chi connectivity index (χ3v) is 4.77. The van der Waals surface area contributed by atoms with E-state index in [0.29, 0.717) is 44.2 Å². The third-order valence-electron chi connectivity index (χ3n) is 3.90. The highest BCUT2D eigenvalue weighted by atomic mass is 32.1. The van der Waals surface area contributed by atoms with Gasteiger partial charge in [-0.05, 0) is 11.4 Å². The van der Waals surface area contributed by atoms with Gasteiger partial charge in [-0.15, -0.1) is 11.3 Å². The van der Waals surface area contributed by atoms with E-state index < -0.39 is 0 Å². The predicted molar refractivity (Wildman–Crippen MR) is 86.0 cm³/mol. The van der Waals surface area contributed by atoms with Crippen molar-refractivity contribution < 1.29 is 14.4 Å². The van der Waals surface area contributed by atoms with Crippen LogP contribution in [0.3, 0.4) is 0 Å². The van der Waals surface area contributed by atoms with Crippen molar-refractivity contribution in [3.63, 3.8) is 0 Å². The summed E-state index contributed by atoms with van der Waals surface area (Å²) < 4.78 is 5.21. The zero-order valence-electron chi connectivity index (χ0n) is 12.8. The van der Waals surface area contributed by atoms with Gasteiger partial charge in [0.25, 0.3) is 0 Å². The van der Waals surface area contributed by atoms with E-state index in [1.807, 2.05) is 22.4 Å². The number of carbonyl (C=O) groups excluding carboxylic acids is 1. The average molecular weight is 336 g/mol. The van der Waals surface area contributed by atoms with Crippen LogP contribution in [0.1, 0.15) is 12.3 Å². The molecule has 1 aliphatic heterocycles. The van der Waals surface area contributed by atoms with Gasteiger partial charge < -0.3 is 14.5 Å². The normalized spacial score (nSPS) is 16.0. The molecule has 1 N–H and O–H groups in total. The summed E-state index contributed by atoms with van der Waals surface area (Å²) in [6.07, 6.45) is 0.847. The Hall–Kier alpha value is -1.77. The van der Waals surface area contributed by atoms with E-state index in [2.05, 4.69) is 15.0 Å². The molecule has 124 valence electrons. The first-order valence-corrected chi connectivity index (χ1v) is 8.61. The number of β-amino-alcohol motifs (C(OH)–C–C–N with tert-alkyl or cyclic N) is 1. The van der Waals surface area contributed by atoms with Crippen LogP contribution in [0, 0.1) is 0 Å². The molecule has 2 aromatic heterocycles. The van der Waals surface area contributed by atoms with Crippen molar-refractivity contribution in [1.82, 2.24) is 19.9 Å². The second-order valence-corrected chi connectivity index (χ2v) is 6.38. The summed E-state index contributed by atoms with van der Waals surface area (Å²) in [5.74, 6) is 1.20. The van der Waals surface area contributed by atoms with Crippen LogP contribution in [0.15, 0.2) is 22.0 Å². The molecule has 0 spiro atoms. The second kappa shape index (κ2) is 7.67. The molecule has 0 unspecified atom stereocenters. The van der Waals surface area contributed by atoms with Crippen LogP contribution in [-0.2, 0) is 11.2 Å². The zero-order valence-corrected chi connectivity index (χ0v) is 13.7. The molecule has 3 heterocycles. The van der Waals surface area contributed by atoms with Gasteiger partial charge in [0.2, 0.25) is 17.6 Å². The highest BCUT2D eigenvalue weighted by Crippen LogP contribution is 2.21.